The lowest BCUT2D eigenvalue weighted by molar-refractivity contribution is 0.415. The quantitative estimate of drug-likeness (QED) is 0.730. The Balaban J connectivity index is 2.12. The van der Waals surface area contributed by atoms with Gasteiger partial charge >= 0.3 is 0 Å². The van der Waals surface area contributed by atoms with E-state index in [-0.39, 0.29) is 0 Å². The number of aromatic nitrogens is 2. The summed E-state index contributed by atoms with van der Waals surface area (Å²) in [6.45, 7) is 2.03. The number of ether oxygens (including phenoxy) is 1. The number of rotatable bonds is 3. The third-order valence-electron chi connectivity index (χ3n) is 3.73. The number of nitrogens with zero attached hydrogens (tertiary/aromatic N) is 3. The second-order valence-electron chi connectivity index (χ2n) is 5.47. The van der Waals surface area contributed by atoms with Crippen molar-refractivity contribution in [2.45, 2.75) is 6.92 Å². The summed E-state index contributed by atoms with van der Waals surface area (Å²) in [5.41, 5.74) is 5.03. The van der Waals surface area contributed by atoms with Crippen LogP contribution >= 0.6 is 11.6 Å². The molecule has 0 bridgehead atoms. The van der Waals surface area contributed by atoms with Gasteiger partial charge in [-0.3, -0.25) is 0 Å². The minimum atomic E-state index is 0.592. The summed E-state index contributed by atoms with van der Waals surface area (Å²) in [5.74, 6) is 0.682. The van der Waals surface area contributed by atoms with Crippen molar-refractivity contribution in [1.82, 2.24) is 9.38 Å². The van der Waals surface area contributed by atoms with Crippen LogP contribution in [-0.2, 0) is 0 Å². The van der Waals surface area contributed by atoms with Crippen molar-refractivity contribution in [3.63, 3.8) is 0 Å². The fraction of sp³-hybridized carbons (Fsp3) is 0.235. The van der Waals surface area contributed by atoms with E-state index in [0.29, 0.717) is 10.8 Å². The van der Waals surface area contributed by atoms with Gasteiger partial charge in [0.2, 0.25) is 0 Å². The van der Waals surface area contributed by atoms with Crippen molar-refractivity contribution in [3.05, 3.63) is 47.2 Å². The Morgan fingerprint density at radius 3 is 2.68 bits per heavy atom. The van der Waals surface area contributed by atoms with Crippen LogP contribution in [0.25, 0.3) is 16.9 Å². The van der Waals surface area contributed by atoms with Gasteiger partial charge in [0.25, 0.3) is 0 Å². The molecule has 22 heavy (non-hydrogen) atoms. The van der Waals surface area contributed by atoms with E-state index in [4.69, 9.17) is 21.3 Å². The minimum absolute atomic E-state index is 0.592. The fourth-order valence-corrected chi connectivity index (χ4v) is 2.71. The molecule has 5 heteroatoms. The number of fused-ring (bicyclic) bond motifs is 1. The van der Waals surface area contributed by atoms with Gasteiger partial charge in [-0.15, -0.1) is 0 Å². The molecule has 0 saturated carbocycles. The molecule has 3 aromatic rings. The highest BCUT2D eigenvalue weighted by molar-refractivity contribution is 6.32. The smallest absolute Gasteiger partial charge is 0.139 e. The summed E-state index contributed by atoms with van der Waals surface area (Å²) in [6, 6.07) is 7.97. The SMILES string of the molecule is COc1cc(C)c(-c2cn3ccc(N(C)C)cc3n2)cc1Cl. The van der Waals surface area contributed by atoms with Gasteiger partial charge in [0.05, 0.1) is 17.8 Å². The Bertz CT molecular complexity index is 839. The van der Waals surface area contributed by atoms with E-state index in [9.17, 15) is 0 Å². The van der Waals surface area contributed by atoms with Crippen molar-refractivity contribution in [2.75, 3.05) is 26.1 Å². The van der Waals surface area contributed by atoms with E-state index in [0.717, 1.165) is 28.2 Å². The van der Waals surface area contributed by atoms with Crippen LogP contribution in [-0.4, -0.2) is 30.6 Å². The molecule has 0 spiro atoms. The number of pyridine rings is 1. The van der Waals surface area contributed by atoms with E-state index < -0.39 is 0 Å². The van der Waals surface area contributed by atoms with Gasteiger partial charge in [0, 0.05) is 43.8 Å². The van der Waals surface area contributed by atoms with Gasteiger partial charge in [-0.2, -0.15) is 0 Å². The molecule has 0 saturated heterocycles. The predicted molar refractivity (Wildman–Crippen MR) is 91.3 cm³/mol. The first-order chi connectivity index (χ1) is 10.5. The lowest BCUT2D eigenvalue weighted by atomic mass is 10.1. The molecule has 4 nitrogen and oxygen atoms in total. The molecule has 0 fully saturated rings. The average Bonchev–Trinajstić information content (AvgIpc) is 2.91. The molecule has 0 unspecified atom stereocenters. The molecule has 2 heterocycles. The molecule has 114 valence electrons. The van der Waals surface area contributed by atoms with Crippen LogP contribution in [0, 0.1) is 6.92 Å². The third kappa shape index (κ3) is 2.50. The minimum Gasteiger partial charge on any atom is -0.495 e. The number of benzene rings is 1. The number of hydrogen-bond donors (Lipinski definition) is 0. The topological polar surface area (TPSA) is 29.8 Å². The second-order valence-corrected chi connectivity index (χ2v) is 5.88. The van der Waals surface area contributed by atoms with Gasteiger partial charge in [0.1, 0.15) is 11.4 Å². The van der Waals surface area contributed by atoms with E-state index in [1.165, 1.54) is 0 Å². The van der Waals surface area contributed by atoms with Crippen LogP contribution in [0.1, 0.15) is 5.56 Å². The molecule has 0 aliphatic heterocycles. The van der Waals surface area contributed by atoms with Gasteiger partial charge < -0.3 is 14.0 Å². The zero-order valence-electron chi connectivity index (χ0n) is 13.1. The van der Waals surface area contributed by atoms with Crippen LogP contribution < -0.4 is 9.64 Å². The number of aryl methyl sites for hydroxylation is 1. The van der Waals surface area contributed by atoms with Crippen LogP contribution in [0.5, 0.6) is 5.75 Å². The highest BCUT2D eigenvalue weighted by atomic mass is 35.5. The molecule has 2 aromatic heterocycles. The summed E-state index contributed by atoms with van der Waals surface area (Å²) in [7, 11) is 5.65. The molecule has 0 aliphatic carbocycles. The zero-order chi connectivity index (χ0) is 15.9. The summed E-state index contributed by atoms with van der Waals surface area (Å²) >= 11 is 6.25. The lowest BCUT2D eigenvalue weighted by Gasteiger charge is -2.11. The Morgan fingerprint density at radius 1 is 1.23 bits per heavy atom. The van der Waals surface area contributed by atoms with Gasteiger partial charge in [-0.1, -0.05) is 11.6 Å². The van der Waals surface area contributed by atoms with E-state index in [2.05, 4.69) is 17.0 Å². The molecule has 0 N–H and O–H groups in total. The molecule has 1 aromatic carbocycles. The number of anilines is 1. The number of halogens is 1. The Labute approximate surface area is 134 Å². The van der Waals surface area contributed by atoms with Crippen molar-refractivity contribution in [1.29, 1.82) is 0 Å². The first-order valence-electron chi connectivity index (χ1n) is 7.00. The van der Waals surface area contributed by atoms with Crippen LogP contribution in [0.4, 0.5) is 5.69 Å². The molecule has 0 radical (unpaired) electrons. The van der Waals surface area contributed by atoms with E-state index >= 15 is 0 Å². The maximum absolute atomic E-state index is 6.25. The standard InChI is InChI=1S/C17H18ClN3O/c1-11-7-16(22-4)14(18)9-13(11)15-10-21-6-5-12(20(2)3)8-17(21)19-15/h5-10H,1-4H3. The molecule has 0 aliphatic rings. The molecular formula is C17H18ClN3O. The first kappa shape index (κ1) is 14.7. The van der Waals surface area contributed by atoms with E-state index in [1.54, 1.807) is 7.11 Å². The summed E-state index contributed by atoms with van der Waals surface area (Å²) < 4.78 is 7.27. The van der Waals surface area contributed by atoms with Crippen LogP contribution in [0.15, 0.2) is 36.7 Å². The zero-order valence-corrected chi connectivity index (χ0v) is 13.8. The molecule has 0 amide bonds. The number of methoxy groups -OCH3 is 1. The van der Waals surface area contributed by atoms with Gasteiger partial charge in [-0.05, 0) is 30.7 Å². The Hall–Kier alpha value is -2.20. The monoisotopic (exact) mass is 315 g/mol. The Kier molecular flexibility index (Phi) is 3.71. The Morgan fingerprint density at radius 2 is 2.00 bits per heavy atom. The third-order valence-corrected chi connectivity index (χ3v) is 4.03. The first-order valence-corrected chi connectivity index (χ1v) is 7.38. The average molecular weight is 316 g/mol. The maximum atomic E-state index is 6.25. The highest BCUT2D eigenvalue weighted by Gasteiger charge is 2.12. The summed E-state index contributed by atoms with van der Waals surface area (Å²) in [6.07, 6.45) is 4.03. The predicted octanol–water partition coefficient (Wildman–Crippen LogP) is 4.04. The van der Waals surface area contributed by atoms with Crippen molar-refractivity contribution >= 4 is 22.9 Å². The maximum Gasteiger partial charge on any atom is 0.139 e. The number of hydrogen-bond acceptors (Lipinski definition) is 3. The summed E-state index contributed by atoms with van der Waals surface area (Å²) in [4.78, 5) is 6.78. The summed E-state index contributed by atoms with van der Waals surface area (Å²) in [5, 5.41) is 0.592. The van der Waals surface area contributed by atoms with Gasteiger partial charge in [-0.25, -0.2) is 4.98 Å². The largest absolute Gasteiger partial charge is 0.495 e. The van der Waals surface area contributed by atoms with Crippen molar-refractivity contribution < 1.29 is 4.74 Å². The second kappa shape index (κ2) is 5.54. The number of imidazole rings is 1. The van der Waals surface area contributed by atoms with Crippen LogP contribution in [0.2, 0.25) is 5.02 Å². The lowest BCUT2D eigenvalue weighted by Crippen LogP contribution is -2.08. The van der Waals surface area contributed by atoms with Crippen LogP contribution in [0.3, 0.4) is 0 Å². The molecule has 0 atom stereocenters. The normalized spacial score (nSPS) is 11.0. The molecular weight excluding hydrogens is 298 g/mol. The van der Waals surface area contributed by atoms with Crippen molar-refractivity contribution in [3.8, 4) is 17.0 Å². The van der Waals surface area contributed by atoms with Gasteiger partial charge in [0.15, 0.2) is 0 Å². The van der Waals surface area contributed by atoms with E-state index in [1.807, 2.05) is 49.9 Å². The fourth-order valence-electron chi connectivity index (χ4n) is 2.47. The van der Waals surface area contributed by atoms with Crippen molar-refractivity contribution in [2.24, 2.45) is 0 Å². The highest BCUT2D eigenvalue weighted by Crippen LogP contribution is 2.33. The molecule has 3 rings (SSSR count).